The SMILES string of the molecule is CC[C@@]12O[C@@H](n3cnc4c(NC(=O)c5ccccc5)ncnc43)[C@@H](OC13CC3)C2O. The van der Waals surface area contributed by atoms with Crippen molar-refractivity contribution in [2.24, 2.45) is 0 Å². The van der Waals surface area contributed by atoms with E-state index in [1.807, 2.05) is 13.0 Å². The van der Waals surface area contributed by atoms with Gasteiger partial charge in [-0.1, -0.05) is 25.1 Å². The Labute approximate surface area is 172 Å². The monoisotopic (exact) mass is 407 g/mol. The molecule has 1 spiro atoms. The van der Waals surface area contributed by atoms with Crippen molar-refractivity contribution in [1.82, 2.24) is 19.5 Å². The van der Waals surface area contributed by atoms with Crippen molar-refractivity contribution in [1.29, 1.82) is 0 Å². The molecule has 1 aliphatic carbocycles. The Morgan fingerprint density at radius 2 is 2.03 bits per heavy atom. The summed E-state index contributed by atoms with van der Waals surface area (Å²) < 4.78 is 14.5. The summed E-state index contributed by atoms with van der Waals surface area (Å²) in [5.41, 5.74) is 0.433. The van der Waals surface area contributed by atoms with Crippen LogP contribution in [0.15, 0.2) is 43.0 Å². The van der Waals surface area contributed by atoms with Gasteiger partial charge in [-0.05, 0) is 31.4 Å². The van der Waals surface area contributed by atoms with Gasteiger partial charge in [0.05, 0.1) is 6.33 Å². The minimum atomic E-state index is -0.702. The van der Waals surface area contributed by atoms with Crippen molar-refractivity contribution < 1.29 is 19.4 Å². The Bertz CT molecular complexity index is 1140. The Kier molecular flexibility index (Phi) is 3.63. The molecule has 9 nitrogen and oxygen atoms in total. The fraction of sp³-hybridized carbons (Fsp3) is 0.429. The minimum absolute atomic E-state index is 0.277. The first-order valence-electron chi connectivity index (χ1n) is 10.2. The number of rotatable bonds is 4. The maximum absolute atomic E-state index is 12.5. The maximum atomic E-state index is 12.5. The van der Waals surface area contributed by atoms with Gasteiger partial charge in [-0.15, -0.1) is 0 Å². The number of imidazole rings is 1. The van der Waals surface area contributed by atoms with Gasteiger partial charge in [-0.2, -0.15) is 0 Å². The van der Waals surface area contributed by atoms with Gasteiger partial charge >= 0.3 is 0 Å². The van der Waals surface area contributed by atoms with Gasteiger partial charge in [0, 0.05) is 5.56 Å². The molecule has 4 atom stereocenters. The maximum Gasteiger partial charge on any atom is 0.256 e. The highest BCUT2D eigenvalue weighted by Crippen LogP contribution is 2.65. The van der Waals surface area contributed by atoms with Crippen molar-refractivity contribution in [2.75, 3.05) is 5.32 Å². The molecule has 3 aliphatic rings. The molecular formula is C21H21N5O4. The zero-order valence-corrected chi connectivity index (χ0v) is 16.4. The number of carbonyl (C=O) groups excluding carboxylic acids is 1. The average Bonchev–Trinajstić information content (AvgIpc) is 3.23. The first-order chi connectivity index (χ1) is 14.6. The third-order valence-electron chi connectivity index (χ3n) is 6.66. The van der Waals surface area contributed by atoms with Gasteiger partial charge in [0.25, 0.3) is 5.91 Å². The van der Waals surface area contributed by atoms with Crippen LogP contribution in [0.3, 0.4) is 0 Å². The average molecular weight is 407 g/mol. The van der Waals surface area contributed by atoms with Gasteiger partial charge in [0.15, 0.2) is 23.2 Å². The first kappa shape index (κ1) is 17.9. The lowest BCUT2D eigenvalue weighted by molar-refractivity contribution is -0.224. The van der Waals surface area contributed by atoms with Gasteiger partial charge in [-0.25, -0.2) is 15.0 Å². The van der Waals surface area contributed by atoms with E-state index in [-0.39, 0.29) is 11.5 Å². The Morgan fingerprint density at radius 3 is 2.77 bits per heavy atom. The van der Waals surface area contributed by atoms with Crippen molar-refractivity contribution in [3.8, 4) is 0 Å². The number of nitrogens with zero attached hydrogens (tertiary/aromatic N) is 4. The van der Waals surface area contributed by atoms with E-state index in [1.165, 1.54) is 6.33 Å². The van der Waals surface area contributed by atoms with Crippen molar-refractivity contribution >= 4 is 22.9 Å². The molecule has 154 valence electrons. The summed E-state index contributed by atoms with van der Waals surface area (Å²) >= 11 is 0. The van der Waals surface area contributed by atoms with Crippen LogP contribution in [0.5, 0.6) is 0 Å². The fourth-order valence-electron chi connectivity index (χ4n) is 5.02. The Balaban J connectivity index is 1.34. The number of hydrogen-bond acceptors (Lipinski definition) is 7. The molecule has 1 amide bonds. The van der Waals surface area contributed by atoms with E-state index in [9.17, 15) is 9.90 Å². The Hall–Kier alpha value is -2.88. The number of carbonyl (C=O) groups is 1. The first-order valence-corrected chi connectivity index (χ1v) is 10.2. The number of anilines is 1. The van der Waals surface area contributed by atoms with Crippen LogP contribution in [-0.4, -0.2) is 53.9 Å². The number of fused-ring (bicyclic) bond motifs is 4. The smallest absolute Gasteiger partial charge is 0.256 e. The molecule has 30 heavy (non-hydrogen) atoms. The molecule has 1 aromatic carbocycles. The summed E-state index contributed by atoms with van der Waals surface area (Å²) in [6, 6.07) is 8.90. The molecule has 2 aromatic heterocycles. The van der Waals surface area contributed by atoms with E-state index >= 15 is 0 Å². The summed E-state index contributed by atoms with van der Waals surface area (Å²) in [5, 5.41) is 13.7. The van der Waals surface area contributed by atoms with Crippen molar-refractivity contribution in [2.45, 2.75) is 55.8 Å². The van der Waals surface area contributed by atoms with Crippen LogP contribution in [0, 0.1) is 0 Å². The number of aliphatic hydroxyl groups excluding tert-OH is 1. The van der Waals surface area contributed by atoms with Crippen LogP contribution in [0.2, 0.25) is 0 Å². The largest absolute Gasteiger partial charge is 0.387 e. The van der Waals surface area contributed by atoms with Crippen LogP contribution < -0.4 is 5.32 Å². The predicted octanol–water partition coefficient (Wildman–Crippen LogP) is 2.05. The number of aromatic nitrogens is 4. The molecule has 6 rings (SSSR count). The quantitative estimate of drug-likeness (QED) is 0.681. The van der Waals surface area contributed by atoms with Crippen LogP contribution >= 0.6 is 0 Å². The summed E-state index contributed by atoms with van der Waals surface area (Å²) in [6.45, 7) is 2.02. The van der Waals surface area contributed by atoms with E-state index in [4.69, 9.17) is 9.47 Å². The molecule has 1 unspecified atom stereocenters. The molecule has 4 heterocycles. The third kappa shape index (κ3) is 2.22. The number of benzene rings is 1. The molecule has 3 aromatic rings. The zero-order valence-electron chi connectivity index (χ0n) is 16.4. The molecular weight excluding hydrogens is 386 g/mol. The van der Waals surface area contributed by atoms with Crippen molar-refractivity contribution in [3.63, 3.8) is 0 Å². The van der Waals surface area contributed by atoms with E-state index in [0.29, 0.717) is 29.0 Å². The highest BCUT2D eigenvalue weighted by atomic mass is 16.7. The molecule has 2 saturated heterocycles. The van der Waals surface area contributed by atoms with Crippen LogP contribution in [-0.2, 0) is 9.47 Å². The lowest BCUT2D eigenvalue weighted by Gasteiger charge is -2.37. The van der Waals surface area contributed by atoms with Gasteiger partial charge in [0.2, 0.25) is 0 Å². The normalized spacial score (nSPS) is 30.8. The third-order valence-corrected chi connectivity index (χ3v) is 6.66. The van der Waals surface area contributed by atoms with E-state index in [0.717, 1.165) is 12.8 Å². The topological polar surface area (TPSA) is 111 Å². The summed E-state index contributed by atoms with van der Waals surface area (Å²) in [4.78, 5) is 25.5. The molecule has 9 heteroatoms. The number of ether oxygens (including phenoxy) is 2. The number of hydrogen-bond donors (Lipinski definition) is 2. The fourth-order valence-corrected chi connectivity index (χ4v) is 5.02. The second-order valence-electron chi connectivity index (χ2n) is 8.14. The molecule has 0 radical (unpaired) electrons. The summed E-state index contributed by atoms with van der Waals surface area (Å²) in [5.74, 6) is 0.0433. The van der Waals surface area contributed by atoms with Crippen LogP contribution in [0.25, 0.3) is 11.2 Å². The van der Waals surface area contributed by atoms with Gasteiger partial charge < -0.3 is 19.9 Å². The van der Waals surface area contributed by atoms with E-state index in [1.54, 1.807) is 35.2 Å². The molecule has 1 saturated carbocycles. The van der Waals surface area contributed by atoms with Crippen LogP contribution in [0.1, 0.15) is 42.8 Å². The van der Waals surface area contributed by atoms with Crippen LogP contribution in [0.4, 0.5) is 5.82 Å². The summed E-state index contributed by atoms with van der Waals surface area (Å²) in [7, 11) is 0. The number of amides is 1. The second kappa shape index (κ2) is 6.07. The lowest BCUT2D eigenvalue weighted by atomic mass is 9.88. The standard InChI is InChI=1S/C21H21N5O4/c1-2-21-15(27)14(29-20(21)8-9-20)19(30-21)26-11-24-13-16(22-10-23-17(13)26)25-18(28)12-6-4-3-5-7-12/h3-7,10-11,14-15,19,27H,2,8-9H2,1H3,(H,22,23,25,28)/t14-,15?,19+,21-/m0/s1. The minimum Gasteiger partial charge on any atom is -0.387 e. The molecule has 2 bridgehead atoms. The van der Waals surface area contributed by atoms with E-state index < -0.39 is 24.0 Å². The second-order valence-corrected chi connectivity index (χ2v) is 8.14. The van der Waals surface area contributed by atoms with Gasteiger partial charge in [-0.3, -0.25) is 9.36 Å². The summed E-state index contributed by atoms with van der Waals surface area (Å²) in [6.07, 6.45) is 3.73. The lowest BCUT2D eigenvalue weighted by Crippen LogP contribution is -2.48. The Morgan fingerprint density at radius 1 is 1.23 bits per heavy atom. The molecule has 3 fully saturated rings. The predicted molar refractivity (Wildman–Crippen MR) is 106 cm³/mol. The zero-order chi connectivity index (χ0) is 20.5. The number of nitrogens with one attached hydrogen (secondary N) is 1. The molecule has 2 N–H and O–H groups in total. The molecule has 2 aliphatic heterocycles. The highest BCUT2D eigenvalue weighted by Gasteiger charge is 2.77. The highest BCUT2D eigenvalue weighted by molar-refractivity contribution is 6.06. The van der Waals surface area contributed by atoms with Gasteiger partial charge in [0.1, 0.15) is 29.7 Å². The van der Waals surface area contributed by atoms with Crippen molar-refractivity contribution in [3.05, 3.63) is 48.5 Å². The van der Waals surface area contributed by atoms with E-state index in [2.05, 4.69) is 20.3 Å². The number of aliphatic hydroxyl groups is 1.